The van der Waals surface area contributed by atoms with Crippen LogP contribution in [0.5, 0.6) is 0 Å². The number of benzene rings is 3. The number of nitrogens with zero attached hydrogens (tertiary/aromatic N) is 3. The molecule has 0 saturated heterocycles. The highest BCUT2D eigenvalue weighted by atomic mass is 16.1. The van der Waals surface area contributed by atoms with Gasteiger partial charge in [0.25, 0.3) is 5.91 Å². The van der Waals surface area contributed by atoms with Crippen LogP contribution in [0.3, 0.4) is 0 Å². The third-order valence-corrected chi connectivity index (χ3v) is 5.19. The Hall–Kier alpha value is -4.25. The van der Waals surface area contributed by atoms with E-state index >= 15 is 0 Å². The van der Waals surface area contributed by atoms with Crippen LogP contribution in [0.25, 0.3) is 22.2 Å². The predicted octanol–water partition coefficient (Wildman–Crippen LogP) is 5.40. The van der Waals surface area contributed by atoms with Crippen molar-refractivity contribution in [3.05, 3.63) is 115 Å². The molecule has 0 atom stereocenters. The van der Waals surface area contributed by atoms with Crippen LogP contribution in [-0.2, 0) is 6.54 Å². The van der Waals surface area contributed by atoms with Crippen molar-refractivity contribution in [2.45, 2.75) is 6.54 Å². The van der Waals surface area contributed by atoms with Crippen molar-refractivity contribution in [2.24, 2.45) is 0 Å². The summed E-state index contributed by atoms with van der Waals surface area (Å²) in [5, 5.41) is 8.20. The topological polar surface area (TPSA) is 59.8 Å². The maximum Gasteiger partial charge on any atom is 0.256 e. The molecule has 0 radical (unpaired) electrons. The Morgan fingerprint density at radius 3 is 2.48 bits per heavy atom. The number of anilines is 1. The van der Waals surface area contributed by atoms with E-state index < -0.39 is 0 Å². The molecule has 1 N–H and O–H groups in total. The number of aromatic nitrogens is 3. The van der Waals surface area contributed by atoms with Crippen molar-refractivity contribution in [3.63, 3.8) is 0 Å². The summed E-state index contributed by atoms with van der Waals surface area (Å²) in [6, 6.07) is 29.2. The average Bonchev–Trinajstić information content (AvgIpc) is 3.33. The quantitative estimate of drug-likeness (QED) is 0.427. The molecular weight excluding hydrogens is 384 g/mol. The van der Waals surface area contributed by atoms with Crippen molar-refractivity contribution in [1.82, 2.24) is 14.8 Å². The van der Waals surface area contributed by atoms with Crippen molar-refractivity contribution < 1.29 is 4.79 Å². The summed E-state index contributed by atoms with van der Waals surface area (Å²) in [7, 11) is 0. The van der Waals surface area contributed by atoms with Gasteiger partial charge in [-0.15, -0.1) is 0 Å². The minimum atomic E-state index is -0.163. The number of amides is 1. The van der Waals surface area contributed by atoms with Crippen molar-refractivity contribution >= 4 is 22.5 Å². The number of para-hydroxylation sites is 2. The van der Waals surface area contributed by atoms with Gasteiger partial charge in [-0.25, -0.2) is 4.98 Å². The molecule has 0 aliphatic carbocycles. The number of carbonyl (C=O) groups is 1. The lowest BCUT2D eigenvalue weighted by Crippen LogP contribution is -2.15. The van der Waals surface area contributed by atoms with Gasteiger partial charge in [0.2, 0.25) is 0 Å². The molecule has 5 heteroatoms. The molecule has 0 bridgehead atoms. The molecule has 3 aromatic carbocycles. The summed E-state index contributed by atoms with van der Waals surface area (Å²) in [6.07, 6.45) is 3.65. The molecule has 0 aliphatic heterocycles. The van der Waals surface area contributed by atoms with Crippen LogP contribution in [-0.4, -0.2) is 20.7 Å². The molecule has 31 heavy (non-hydrogen) atoms. The van der Waals surface area contributed by atoms with Gasteiger partial charge >= 0.3 is 0 Å². The number of hydrogen-bond acceptors (Lipinski definition) is 3. The van der Waals surface area contributed by atoms with Crippen molar-refractivity contribution in [2.75, 3.05) is 5.32 Å². The van der Waals surface area contributed by atoms with Gasteiger partial charge in [-0.2, -0.15) is 5.10 Å². The zero-order valence-corrected chi connectivity index (χ0v) is 16.8. The lowest BCUT2D eigenvalue weighted by Gasteiger charge is -2.13. The molecule has 2 heterocycles. The Balaban J connectivity index is 1.53. The molecule has 150 valence electrons. The summed E-state index contributed by atoms with van der Waals surface area (Å²) in [5.41, 5.74) is 4.89. The highest BCUT2D eigenvalue weighted by Crippen LogP contribution is 2.26. The molecule has 5 nitrogen and oxygen atoms in total. The van der Waals surface area contributed by atoms with Gasteiger partial charge in [-0.3, -0.25) is 9.48 Å². The number of hydrogen-bond donors (Lipinski definition) is 1. The maximum absolute atomic E-state index is 13.4. The summed E-state index contributed by atoms with van der Waals surface area (Å²) in [6.45, 7) is 0.579. The zero-order chi connectivity index (χ0) is 21.0. The van der Waals surface area contributed by atoms with E-state index in [4.69, 9.17) is 4.98 Å². The van der Waals surface area contributed by atoms with Gasteiger partial charge in [-0.05, 0) is 29.8 Å². The fourth-order valence-corrected chi connectivity index (χ4v) is 3.66. The first-order valence-electron chi connectivity index (χ1n) is 10.1. The van der Waals surface area contributed by atoms with E-state index in [0.29, 0.717) is 12.1 Å². The molecule has 5 aromatic rings. The zero-order valence-electron chi connectivity index (χ0n) is 16.8. The van der Waals surface area contributed by atoms with Gasteiger partial charge in [0.05, 0.1) is 23.3 Å². The van der Waals surface area contributed by atoms with E-state index in [1.54, 1.807) is 6.20 Å². The van der Waals surface area contributed by atoms with Gasteiger partial charge in [0.1, 0.15) is 0 Å². The van der Waals surface area contributed by atoms with E-state index in [-0.39, 0.29) is 5.91 Å². The second-order valence-electron chi connectivity index (χ2n) is 7.25. The lowest BCUT2D eigenvalue weighted by molar-refractivity contribution is 0.102. The third-order valence-electron chi connectivity index (χ3n) is 5.19. The molecule has 0 spiro atoms. The smallest absolute Gasteiger partial charge is 0.256 e. The Morgan fingerprint density at radius 1 is 0.871 bits per heavy atom. The molecule has 5 rings (SSSR count). The number of pyridine rings is 1. The second kappa shape index (κ2) is 8.24. The molecule has 2 aromatic heterocycles. The number of nitrogens with one attached hydrogen (secondary N) is 1. The van der Waals surface area contributed by atoms with E-state index in [1.165, 1.54) is 0 Å². The van der Waals surface area contributed by atoms with Crippen LogP contribution in [0.2, 0.25) is 0 Å². The minimum Gasteiger partial charge on any atom is -0.322 e. The highest BCUT2D eigenvalue weighted by Gasteiger charge is 2.15. The summed E-state index contributed by atoms with van der Waals surface area (Å²) >= 11 is 0. The Labute approximate surface area is 180 Å². The fraction of sp³-hybridized carbons (Fsp3) is 0.0385. The van der Waals surface area contributed by atoms with E-state index in [9.17, 15) is 4.79 Å². The normalized spacial score (nSPS) is 10.8. The number of rotatable bonds is 5. The first-order valence-corrected chi connectivity index (χ1v) is 10.1. The predicted molar refractivity (Wildman–Crippen MR) is 123 cm³/mol. The van der Waals surface area contributed by atoms with Crippen LogP contribution >= 0.6 is 0 Å². The van der Waals surface area contributed by atoms with Crippen LogP contribution in [0.15, 0.2) is 103 Å². The number of fused-ring (bicyclic) bond motifs is 1. The van der Waals surface area contributed by atoms with E-state index in [0.717, 1.165) is 33.4 Å². The number of carbonyl (C=O) groups excluding carboxylic acids is 1. The first-order chi connectivity index (χ1) is 15.3. The van der Waals surface area contributed by atoms with Crippen LogP contribution in [0.1, 0.15) is 15.9 Å². The van der Waals surface area contributed by atoms with E-state index in [2.05, 4.69) is 10.4 Å². The standard InChI is InChI=1S/C26H20N4O/c31-26(29-23-13-6-4-11-20(23)18-30-16-8-15-27-30)22-17-25(19-9-2-1-3-10-19)28-24-14-7-5-12-21(22)24/h1-17H,18H2,(H,29,31). The molecule has 0 saturated carbocycles. The SMILES string of the molecule is O=C(Nc1ccccc1Cn1cccn1)c1cc(-c2ccccc2)nc2ccccc12. The fourth-order valence-electron chi connectivity index (χ4n) is 3.66. The largest absolute Gasteiger partial charge is 0.322 e. The Kier molecular flexibility index (Phi) is 4.99. The summed E-state index contributed by atoms with van der Waals surface area (Å²) in [4.78, 5) is 18.2. The second-order valence-corrected chi connectivity index (χ2v) is 7.25. The van der Waals surface area contributed by atoms with E-state index in [1.807, 2.05) is 102 Å². The summed E-state index contributed by atoms with van der Waals surface area (Å²) < 4.78 is 1.83. The van der Waals surface area contributed by atoms with Gasteiger partial charge in [0, 0.05) is 29.0 Å². The molecular formula is C26H20N4O. The molecule has 0 fully saturated rings. The lowest BCUT2D eigenvalue weighted by atomic mass is 10.0. The van der Waals surface area contributed by atoms with Crippen molar-refractivity contribution in [3.8, 4) is 11.3 Å². The van der Waals surface area contributed by atoms with Crippen molar-refractivity contribution in [1.29, 1.82) is 0 Å². The van der Waals surface area contributed by atoms with Gasteiger partial charge < -0.3 is 5.32 Å². The third kappa shape index (κ3) is 3.94. The van der Waals surface area contributed by atoms with Gasteiger partial charge in [-0.1, -0.05) is 66.7 Å². The maximum atomic E-state index is 13.4. The minimum absolute atomic E-state index is 0.163. The Bertz CT molecular complexity index is 1340. The first kappa shape index (κ1) is 18.8. The average molecular weight is 404 g/mol. The highest BCUT2D eigenvalue weighted by molar-refractivity contribution is 6.13. The Morgan fingerprint density at radius 2 is 1.65 bits per heavy atom. The monoisotopic (exact) mass is 404 g/mol. The summed E-state index contributed by atoms with van der Waals surface area (Å²) in [5.74, 6) is -0.163. The van der Waals surface area contributed by atoms with Crippen LogP contribution in [0, 0.1) is 0 Å². The van der Waals surface area contributed by atoms with Gasteiger partial charge in [0.15, 0.2) is 0 Å². The van der Waals surface area contributed by atoms with Crippen LogP contribution < -0.4 is 5.32 Å². The molecule has 0 unspecified atom stereocenters. The molecule has 1 amide bonds. The molecule has 0 aliphatic rings. The van der Waals surface area contributed by atoms with Crippen LogP contribution in [0.4, 0.5) is 5.69 Å².